The molecule has 1 N–H and O–H groups in total. The van der Waals surface area contributed by atoms with E-state index in [1.54, 1.807) is 0 Å². The molecule has 30 heavy (non-hydrogen) atoms. The third kappa shape index (κ3) is 3.24. The maximum atomic E-state index is 12.8. The van der Waals surface area contributed by atoms with Gasteiger partial charge in [0.2, 0.25) is 0 Å². The number of piperidine rings is 1. The first-order valence-corrected chi connectivity index (χ1v) is 9.93. The van der Waals surface area contributed by atoms with E-state index >= 15 is 0 Å². The third-order valence-electron chi connectivity index (χ3n) is 6.26. The summed E-state index contributed by atoms with van der Waals surface area (Å²) in [6.07, 6.45) is -1.13. The van der Waals surface area contributed by atoms with Gasteiger partial charge in [0.1, 0.15) is 12.7 Å². The summed E-state index contributed by atoms with van der Waals surface area (Å²) in [5, 5.41) is 9.61. The molecule has 0 bridgehead atoms. The number of methoxy groups -OCH3 is 2. The highest BCUT2D eigenvalue weighted by Gasteiger charge is 2.51. The Balaban J connectivity index is 1.47. The molecule has 2 aromatic carbocycles. The van der Waals surface area contributed by atoms with Crippen LogP contribution in [0.25, 0.3) is 11.1 Å². The molecule has 0 radical (unpaired) electrons. The molecule has 0 saturated carbocycles. The van der Waals surface area contributed by atoms with Crippen LogP contribution in [-0.4, -0.2) is 67.7 Å². The van der Waals surface area contributed by atoms with Crippen molar-refractivity contribution in [3.8, 4) is 11.1 Å². The number of carboxylic acid groups (broad SMARTS) is 1. The van der Waals surface area contributed by atoms with E-state index in [9.17, 15) is 14.7 Å². The Labute approximate surface area is 175 Å². The summed E-state index contributed by atoms with van der Waals surface area (Å²) in [6.45, 7) is 0.527. The van der Waals surface area contributed by atoms with Crippen LogP contribution < -0.4 is 0 Å². The van der Waals surface area contributed by atoms with E-state index in [4.69, 9.17) is 14.2 Å². The molecule has 1 aliphatic carbocycles. The monoisotopic (exact) mass is 411 g/mol. The molecule has 0 unspecified atom stereocenters. The fourth-order valence-electron chi connectivity index (χ4n) is 4.58. The zero-order chi connectivity index (χ0) is 21.3. The number of carbonyl (C=O) groups excluding carboxylic acids is 1. The molecule has 158 valence electrons. The topological polar surface area (TPSA) is 85.3 Å². The van der Waals surface area contributed by atoms with Gasteiger partial charge in [-0.05, 0) is 22.3 Å². The summed E-state index contributed by atoms with van der Waals surface area (Å²) in [6, 6.07) is 16.3. The number of amides is 1. The Morgan fingerprint density at radius 1 is 1.07 bits per heavy atom. The summed E-state index contributed by atoms with van der Waals surface area (Å²) in [4.78, 5) is 26.0. The van der Waals surface area contributed by atoms with Gasteiger partial charge in [-0.15, -0.1) is 0 Å². The highest BCUT2D eigenvalue weighted by molar-refractivity contribution is 5.80. The number of benzene rings is 2. The van der Waals surface area contributed by atoms with Crippen LogP contribution in [0.4, 0.5) is 4.79 Å². The smallest absolute Gasteiger partial charge is 0.409 e. The summed E-state index contributed by atoms with van der Waals surface area (Å²) < 4.78 is 16.3. The van der Waals surface area contributed by atoms with Crippen LogP contribution >= 0.6 is 0 Å². The predicted octanol–water partition coefficient (Wildman–Crippen LogP) is 3.13. The van der Waals surface area contributed by atoms with Gasteiger partial charge < -0.3 is 24.2 Å². The number of rotatable bonds is 5. The van der Waals surface area contributed by atoms with Crippen molar-refractivity contribution < 1.29 is 28.9 Å². The van der Waals surface area contributed by atoms with E-state index < -0.39 is 23.8 Å². The van der Waals surface area contributed by atoms with Crippen molar-refractivity contribution in [1.82, 2.24) is 4.90 Å². The lowest BCUT2D eigenvalue weighted by Crippen LogP contribution is -2.62. The molecule has 7 heteroatoms. The number of aliphatic carboxylic acids is 1. The molecule has 1 amide bonds. The average molecular weight is 411 g/mol. The highest BCUT2D eigenvalue weighted by atomic mass is 16.6. The number of carboxylic acids is 1. The Morgan fingerprint density at radius 3 is 2.20 bits per heavy atom. The molecule has 1 saturated heterocycles. The average Bonchev–Trinajstić information content (AvgIpc) is 3.10. The van der Waals surface area contributed by atoms with Crippen LogP contribution in [0.1, 0.15) is 23.5 Å². The number of fused-ring (bicyclic) bond motifs is 3. The lowest BCUT2D eigenvalue weighted by atomic mass is 9.88. The molecule has 2 aromatic rings. The minimum atomic E-state index is -1.46. The molecule has 0 aromatic heterocycles. The van der Waals surface area contributed by atoms with Gasteiger partial charge in [0.15, 0.2) is 5.60 Å². The molecule has 1 aliphatic heterocycles. The van der Waals surface area contributed by atoms with Crippen LogP contribution in [0.5, 0.6) is 0 Å². The predicted molar refractivity (Wildman–Crippen MR) is 109 cm³/mol. The van der Waals surface area contributed by atoms with Gasteiger partial charge in [0, 0.05) is 33.1 Å². The normalized spacial score (nSPS) is 23.0. The van der Waals surface area contributed by atoms with Gasteiger partial charge in [-0.25, -0.2) is 9.59 Å². The second-order valence-electron chi connectivity index (χ2n) is 7.62. The fraction of sp³-hybridized carbons (Fsp3) is 0.391. The van der Waals surface area contributed by atoms with Crippen LogP contribution in [0, 0.1) is 0 Å². The zero-order valence-corrected chi connectivity index (χ0v) is 17.0. The van der Waals surface area contributed by atoms with Gasteiger partial charge in [-0.3, -0.25) is 0 Å². The number of hydrogen-bond acceptors (Lipinski definition) is 5. The summed E-state index contributed by atoms with van der Waals surface area (Å²) in [7, 11) is 2.77. The van der Waals surface area contributed by atoms with Gasteiger partial charge in [-0.1, -0.05) is 48.5 Å². The van der Waals surface area contributed by atoms with E-state index in [2.05, 4.69) is 24.3 Å². The molecule has 1 fully saturated rings. The molecule has 4 rings (SSSR count). The third-order valence-corrected chi connectivity index (χ3v) is 6.26. The molecular weight excluding hydrogens is 386 g/mol. The Morgan fingerprint density at radius 2 is 1.67 bits per heavy atom. The van der Waals surface area contributed by atoms with Gasteiger partial charge in [0.05, 0.1) is 6.54 Å². The van der Waals surface area contributed by atoms with Gasteiger partial charge >= 0.3 is 12.1 Å². The minimum Gasteiger partial charge on any atom is -0.479 e. The number of likely N-dealkylation sites (tertiary alicyclic amines) is 1. The van der Waals surface area contributed by atoms with Crippen molar-refractivity contribution in [3.05, 3.63) is 59.7 Å². The Kier molecular flexibility index (Phi) is 5.49. The fourth-order valence-corrected chi connectivity index (χ4v) is 4.58. The van der Waals surface area contributed by atoms with Crippen LogP contribution in [0.3, 0.4) is 0 Å². The van der Waals surface area contributed by atoms with Crippen LogP contribution in [-0.2, 0) is 19.0 Å². The first-order valence-electron chi connectivity index (χ1n) is 9.93. The lowest BCUT2D eigenvalue weighted by Gasteiger charge is -2.42. The van der Waals surface area contributed by atoms with E-state index in [1.807, 2.05) is 24.3 Å². The van der Waals surface area contributed by atoms with Gasteiger partial charge in [0.25, 0.3) is 0 Å². The summed E-state index contributed by atoms with van der Waals surface area (Å²) in [5.74, 6) is -1.12. The Bertz CT molecular complexity index is 915. The summed E-state index contributed by atoms with van der Waals surface area (Å²) in [5.41, 5.74) is 3.15. The van der Waals surface area contributed by atoms with E-state index in [-0.39, 0.29) is 32.0 Å². The van der Waals surface area contributed by atoms with E-state index in [0.29, 0.717) is 0 Å². The van der Waals surface area contributed by atoms with Crippen molar-refractivity contribution in [2.45, 2.75) is 24.0 Å². The second kappa shape index (κ2) is 8.08. The Hall–Kier alpha value is -2.90. The molecule has 1 heterocycles. The molecule has 2 aliphatic rings. The molecule has 0 spiro atoms. The van der Waals surface area contributed by atoms with Crippen molar-refractivity contribution in [3.63, 3.8) is 0 Å². The van der Waals surface area contributed by atoms with E-state index in [0.717, 1.165) is 22.3 Å². The number of hydrogen-bond donors (Lipinski definition) is 1. The largest absolute Gasteiger partial charge is 0.479 e. The molecule has 2 atom stereocenters. The lowest BCUT2D eigenvalue weighted by molar-refractivity contribution is -0.191. The maximum absolute atomic E-state index is 12.8. The van der Waals surface area contributed by atoms with Crippen LogP contribution in [0.15, 0.2) is 48.5 Å². The minimum absolute atomic E-state index is 0.0264. The van der Waals surface area contributed by atoms with Crippen molar-refractivity contribution >= 4 is 12.1 Å². The highest BCUT2D eigenvalue weighted by Crippen LogP contribution is 2.44. The van der Waals surface area contributed by atoms with Crippen molar-refractivity contribution in [2.24, 2.45) is 0 Å². The maximum Gasteiger partial charge on any atom is 0.409 e. The standard InChI is InChI=1S/C23H25NO6/c1-28-20-13-24(12-11-23(20,29-2)21(25)26)22(27)30-14-19-17-9-5-3-7-15(17)16-8-4-6-10-18(16)19/h3-10,19-20H,11-14H2,1-2H3,(H,25,26)/t20-,23+/m1/s1. The molecule has 7 nitrogen and oxygen atoms in total. The first kappa shape index (κ1) is 20.4. The van der Waals surface area contributed by atoms with Gasteiger partial charge in [-0.2, -0.15) is 0 Å². The van der Waals surface area contributed by atoms with Crippen molar-refractivity contribution in [1.29, 1.82) is 0 Å². The number of carbonyl (C=O) groups is 2. The quantitative estimate of drug-likeness (QED) is 0.814. The summed E-state index contributed by atoms with van der Waals surface area (Å²) >= 11 is 0. The number of ether oxygens (including phenoxy) is 3. The zero-order valence-electron chi connectivity index (χ0n) is 17.0. The number of nitrogens with zero attached hydrogens (tertiary/aromatic N) is 1. The SMILES string of the molecule is CO[C@@H]1CN(C(=O)OCC2c3ccccc3-c3ccccc32)CC[C@@]1(OC)C(=O)O. The van der Waals surface area contributed by atoms with E-state index in [1.165, 1.54) is 19.1 Å². The first-order chi connectivity index (χ1) is 14.5. The van der Waals surface area contributed by atoms with Crippen LogP contribution in [0.2, 0.25) is 0 Å². The second-order valence-corrected chi connectivity index (χ2v) is 7.62. The van der Waals surface area contributed by atoms with Crippen molar-refractivity contribution in [2.75, 3.05) is 33.9 Å². The molecular formula is C23H25NO6.